The van der Waals surface area contributed by atoms with Gasteiger partial charge < -0.3 is 9.80 Å². The van der Waals surface area contributed by atoms with Gasteiger partial charge in [-0.2, -0.15) is 0 Å². The lowest BCUT2D eigenvalue weighted by Crippen LogP contribution is -2.47. The average molecular weight is 458 g/mol. The SMILES string of the molecule is CCCC(C)NS(=O)(=O)c1ccc(N2CCN(c3ncc(Cl)cc3Cl)CC2)nc1. The van der Waals surface area contributed by atoms with Crippen LogP contribution in [-0.4, -0.2) is 50.6 Å². The zero-order valence-electron chi connectivity index (χ0n) is 16.5. The Labute approximate surface area is 182 Å². The van der Waals surface area contributed by atoms with Gasteiger partial charge in [0.1, 0.15) is 16.5 Å². The number of nitrogens with one attached hydrogen (secondary N) is 1. The van der Waals surface area contributed by atoms with Crippen molar-refractivity contribution in [3.63, 3.8) is 0 Å². The Morgan fingerprint density at radius 2 is 1.79 bits per heavy atom. The van der Waals surface area contributed by atoms with Crippen LogP contribution >= 0.6 is 23.2 Å². The van der Waals surface area contributed by atoms with E-state index in [1.165, 1.54) is 6.20 Å². The third kappa shape index (κ3) is 5.51. The zero-order valence-corrected chi connectivity index (χ0v) is 18.8. The molecular weight excluding hydrogens is 433 g/mol. The van der Waals surface area contributed by atoms with Crippen molar-refractivity contribution >= 4 is 44.9 Å². The molecule has 0 aliphatic carbocycles. The molecule has 2 aromatic heterocycles. The first kappa shape index (κ1) is 22.1. The highest BCUT2D eigenvalue weighted by molar-refractivity contribution is 7.89. The van der Waals surface area contributed by atoms with Gasteiger partial charge in [0.05, 0.1) is 10.0 Å². The number of aromatic nitrogens is 2. The summed E-state index contributed by atoms with van der Waals surface area (Å²) in [6.07, 6.45) is 4.72. The summed E-state index contributed by atoms with van der Waals surface area (Å²) in [5, 5.41) is 1.04. The number of piperazine rings is 1. The van der Waals surface area contributed by atoms with Crippen LogP contribution in [0.1, 0.15) is 26.7 Å². The van der Waals surface area contributed by atoms with Gasteiger partial charge in [0.2, 0.25) is 10.0 Å². The maximum absolute atomic E-state index is 12.5. The molecule has 29 heavy (non-hydrogen) atoms. The number of hydrogen-bond donors (Lipinski definition) is 1. The highest BCUT2D eigenvalue weighted by Gasteiger charge is 2.22. The molecule has 1 aliphatic heterocycles. The molecule has 1 N–H and O–H groups in total. The smallest absolute Gasteiger partial charge is 0.242 e. The van der Waals surface area contributed by atoms with E-state index in [0.717, 1.165) is 50.7 Å². The average Bonchev–Trinajstić information content (AvgIpc) is 2.68. The van der Waals surface area contributed by atoms with Gasteiger partial charge in [-0.1, -0.05) is 36.5 Å². The highest BCUT2D eigenvalue weighted by Crippen LogP contribution is 2.27. The fourth-order valence-corrected chi connectivity index (χ4v) is 5.05. The van der Waals surface area contributed by atoms with Crippen LogP contribution in [0.25, 0.3) is 0 Å². The maximum atomic E-state index is 12.5. The number of anilines is 2. The number of sulfonamides is 1. The third-order valence-electron chi connectivity index (χ3n) is 4.80. The lowest BCUT2D eigenvalue weighted by atomic mass is 10.2. The van der Waals surface area contributed by atoms with Crippen molar-refractivity contribution in [3.05, 3.63) is 40.6 Å². The van der Waals surface area contributed by atoms with Crippen molar-refractivity contribution in [1.82, 2.24) is 14.7 Å². The molecule has 1 saturated heterocycles. The van der Waals surface area contributed by atoms with E-state index in [1.54, 1.807) is 24.4 Å². The van der Waals surface area contributed by atoms with E-state index in [2.05, 4.69) is 24.5 Å². The first-order valence-electron chi connectivity index (χ1n) is 9.59. The Morgan fingerprint density at radius 3 is 2.38 bits per heavy atom. The summed E-state index contributed by atoms with van der Waals surface area (Å²) < 4.78 is 27.6. The molecule has 3 rings (SSSR count). The Hall–Kier alpha value is -1.61. The molecule has 0 bridgehead atoms. The van der Waals surface area contributed by atoms with Crippen LogP contribution in [0.2, 0.25) is 10.0 Å². The van der Waals surface area contributed by atoms with Crippen LogP contribution in [0, 0.1) is 0 Å². The summed E-state index contributed by atoms with van der Waals surface area (Å²) in [7, 11) is -3.56. The summed E-state index contributed by atoms with van der Waals surface area (Å²) in [6.45, 7) is 6.80. The van der Waals surface area contributed by atoms with Crippen LogP contribution in [0.15, 0.2) is 35.5 Å². The minimum absolute atomic E-state index is 0.106. The van der Waals surface area contributed by atoms with Gasteiger partial charge in [-0.05, 0) is 31.5 Å². The van der Waals surface area contributed by atoms with E-state index in [-0.39, 0.29) is 10.9 Å². The number of pyridine rings is 2. The number of hydrogen-bond acceptors (Lipinski definition) is 6. The summed E-state index contributed by atoms with van der Waals surface area (Å²) in [5.74, 6) is 1.47. The standard InChI is InChI=1S/C19H25Cl2N5O2S/c1-3-4-14(2)24-29(27,28)16-5-6-18(22-13-16)25-7-9-26(10-8-25)19-17(21)11-15(20)12-23-19/h5-6,11-14,24H,3-4,7-10H2,1-2H3. The molecule has 1 fully saturated rings. The van der Waals surface area contributed by atoms with E-state index in [1.807, 2.05) is 13.8 Å². The molecule has 158 valence electrons. The van der Waals surface area contributed by atoms with Gasteiger partial charge >= 0.3 is 0 Å². The van der Waals surface area contributed by atoms with E-state index in [9.17, 15) is 8.42 Å². The number of nitrogens with zero attached hydrogens (tertiary/aromatic N) is 4. The van der Waals surface area contributed by atoms with Crippen molar-refractivity contribution < 1.29 is 8.42 Å². The zero-order chi connectivity index (χ0) is 21.0. The van der Waals surface area contributed by atoms with Gasteiger partial charge in [0, 0.05) is 44.6 Å². The topological polar surface area (TPSA) is 78.4 Å². The molecule has 3 heterocycles. The number of halogens is 2. The fraction of sp³-hybridized carbons (Fsp3) is 0.474. The minimum Gasteiger partial charge on any atom is -0.353 e. The third-order valence-corrected chi connectivity index (χ3v) is 6.86. The lowest BCUT2D eigenvalue weighted by molar-refractivity contribution is 0.543. The molecule has 2 aromatic rings. The Morgan fingerprint density at radius 1 is 1.10 bits per heavy atom. The lowest BCUT2D eigenvalue weighted by Gasteiger charge is -2.36. The second-order valence-corrected chi connectivity index (χ2v) is 9.65. The first-order chi connectivity index (χ1) is 13.8. The van der Waals surface area contributed by atoms with E-state index < -0.39 is 10.0 Å². The predicted molar refractivity (Wildman–Crippen MR) is 118 cm³/mol. The number of rotatable bonds is 7. The van der Waals surface area contributed by atoms with Crippen LogP contribution in [0.4, 0.5) is 11.6 Å². The van der Waals surface area contributed by atoms with Crippen LogP contribution in [-0.2, 0) is 10.0 Å². The van der Waals surface area contributed by atoms with Gasteiger partial charge in [0.15, 0.2) is 0 Å². The molecule has 0 spiro atoms. The van der Waals surface area contributed by atoms with Gasteiger partial charge in [0.25, 0.3) is 0 Å². The fourth-order valence-electron chi connectivity index (χ4n) is 3.33. The summed E-state index contributed by atoms with van der Waals surface area (Å²) >= 11 is 12.2. The van der Waals surface area contributed by atoms with E-state index in [4.69, 9.17) is 23.2 Å². The predicted octanol–water partition coefficient (Wildman–Crippen LogP) is 3.58. The minimum atomic E-state index is -3.56. The van der Waals surface area contributed by atoms with Crippen molar-refractivity contribution in [2.75, 3.05) is 36.0 Å². The van der Waals surface area contributed by atoms with Gasteiger partial charge in [-0.25, -0.2) is 23.1 Å². The second-order valence-electron chi connectivity index (χ2n) is 7.10. The molecule has 1 atom stereocenters. The van der Waals surface area contributed by atoms with E-state index >= 15 is 0 Å². The molecule has 1 aliphatic rings. The monoisotopic (exact) mass is 457 g/mol. The normalized spacial score (nSPS) is 16.1. The molecule has 10 heteroatoms. The largest absolute Gasteiger partial charge is 0.353 e. The highest BCUT2D eigenvalue weighted by atomic mass is 35.5. The van der Waals surface area contributed by atoms with Crippen LogP contribution in [0.3, 0.4) is 0 Å². The second kappa shape index (κ2) is 9.47. The first-order valence-corrected chi connectivity index (χ1v) is 11.8. The van der Waals surface area contributed by atoms with Crippen molar-refractivity contribution in [2.24, 2.45) is 0 Å². The quantitative estimate of drug-likeness (QED) is 0.684. The van der Waals surface area contributed by atoms with Gasteiger partial charge in [-0.15, -0.1) is 0 Å². The van der Waals surface area contributed by atoms with Crippen molar-refractivity contribution in [2.45, 2.75) is 37.6 Å². The van der Waals surface area contributed by atoms with Crippen molar-refractivity contribution in [1.29, 1.82) is 0 Å². The summed E-state index contributed by atoms with van der Waals surface area (Å²) in [5.41, 5.74) is 0. The van der Waals surface area contributed by atoms with Crippen LogP contribution in [0.5, 0.6) is 0 Å². The molecule has 0 radical (unpaired) electrons. The Balaban J connectivity index is 1.63. The molecular formula is C19H25Cl2N5O2S. The summed E-state index contributed by atoms with van der Waals surface area (Å²) in [4.78, 5) is 13.1. The Bertz CT molecular complexity index is 932. The Kier molecular flexibility index (Phi) is 7.21. The van der Waals surface area contributed by atoms with Gasteiger partial charge in [-0.3, -0.25) is 0 Å². The molecule has 1 unspecified atom stereocenters. The van der Waals surface area contributed by atoms with Crippen LogP contribution < -0.4 is 14.5 Å². The molecule has 7 nitrogen and oxygen atoms in total. The maximum Gasteiger partial charge on any atom is 0.242 e. The molecule has 0 amide bonds. The molecule has 0 aromatic carbocycles. The summed E-state index contributed by atoms with van der Waals surface area (Å²) in [6, 6.07) is 4.94. The molecule has 0 saturated carbocycles. The van der Waals surface area contributed by atoms with E-state index in [0.29, 0.717) is 10.0 Å². The van der Waals surface area contributed by atoms with Crippen molar-refractivity contribution in [3.8, 4) is 0 Å².